The second kappa shape index (κ2) is 5.45. The minimum Gasteiger partial charge on any atom is -0.380 e. The molecule has 0 atom stereocenters. The molecular formula is C17H20N4O2. The fourth-order valence-electron chi connectivity index (χ4n) is 3.25. The number of nitrogens with zero attached hydrogens (tertiary/aromatic N) is 3. The van der Waals surface area contributed by atoms with Crippen LogP contribution in [0.2, 0.25) is 0 Å². The van der Waals surface area contributed by atoms with Gasteiger partial charge in [0.2, 0.25) is 0 Å². The number of rotatable bonds is 3. The van der Waals surface area contributed by atoms with E-state index in [4.69, 9.17) is 4.52 Å². The van der Waals surface area contributed by atoms with Gasteiger partial charge in [0.05, 0.1) is 11.7 Å². The highest BCUT2D eigenvalue weighted by Gasteiger charge is 2.38. The summed E-state index contributed by atoms with van der Waals surface area (Å²) in [5.41, 5.74) is 1.12. The molecule has 3 aromatic rings. The van der Waals surface area contributed by atoms with Crippen molar-refractivity contribution < 1.29 is 9.63 Å². The maximum Gasteiger partial charge on any atom is 0.258 e. The molecule has 0 spiro atoms. The molecule has 1 saturated carbocycles. The summed E-state index contributed by atoms with van der Waals surface area (Å²) < 4.78 is 5.36. The van der Waals surface area contributed by atoms with Crippen molar-refractivity contribution in [1.29, 1.82) is 0 Å². The summed E-state index contributed by atoms with van der Waals surface area (Å²) in [6.07, 6.45) is 5.73. The molecule has 1 aliphatic carbocycles. The van der Waals surface area contributed by atoms with Crippen LogP contribution < -0.4 is 0 Å². The van der Waals surface area contributed by atoms with Gasteiger partial charge in [-0.3, -0.25) is 5.10 Å². The van der Waals surface area contributed by atoms with Crippen molar-refractivity contribution in [2.24, 2.45) is 5.92 Å². The zero-order chi connectivity index (χ0) is 15.9. The highest BCUT2D eigenvalue weighted by atomic mass is 16.5. The van der Waals surface area contributed by atoms with Crippen molar-refractivity contribution in [2.75, 3.05) is 0 Å². The van der Waals surface area contributed by atoms with Crippen molar-refractivity contribution in [3.8, 4) is 0 Å². The second-order valence-corrected chi connectivity index (χ2v) is 6.70. The Morgan fingerprint density at radius 2 is 2.17 bits per heavy atom. The fourth-order valence-corrected chi connectivity index (χ4v) is 3.25. The molecule has 0 saturated heterocycles. The van der Waals surface area contributed by atoms with Crippen molar-refractivity contribution in [3.63, 3.8) is 0 Å². The zero-order valence-electron chi connectivity index (χ0n) is 13.1. The van der Waals surface area contributed by atoms with E-state index in [0.29, 0.717) is 36.9 Å². The molecule has 0 unspecified atom stereocenters. The number of hydrogen-bond donors (Lipinski definition) is 2. The molecular weight excluding hydrogens is 292 g/mol. The van der Waals surface area contributed by atoms with Crippen LogP contribution in [0.3, 0.4) is 0 Å². The van der Waals surface area contributed by atoms with Crippen LogP contribution in [0.4, 0.5) is 0 Å². The standard InChI is InChI=1S/C17H20N4O2/c1-11-4-6-17(22,7-5-11)16-19-15(21-23-16)9-12-2-3-13-10-18-20-14(13)8-12/h2-3,8,10-11,22H,4-7,9H2,1H3,(H,18,20). The summed E-state index contributed by atoms with van der Waals surface area (Å²) in [7, 11) is 0. The minimum absolute atomic E-state index is 0.363. The van der Waals surface area contributed by atoms with Crippen LogP contribution in [-0.2, 0) is 12.0 Å². The van der Waals surface area contributed by atoms with Gasteiger partial charge in [0.15, 0.2) is 5.82 Å². The van der Waals surface area contributed by atoms with Crippen LogP contribution in [0.25, 0.3) is 10.9 Å². The summed E-state index contributed by atoms with van der Waals surface area (Å²) in [5, 5.41) is 22.8. The van der Waals surface area contributed by atoms with E-state index in [0.717, 1.165) is 29.3 Å². The largest absolute Gasteiger partial charge is 0.380 e. The van der Waals surface area contributed by atoms with Crippen LogP contribution in [0.15, 0.2) is 28.9 Å². The molecule has 1 aromatic carbocycles. The van der Waals surface area contributed by atoms with E-state index in [9.17, 15) is 5.11 Å². The summed E-state index contributed by atoms with van der Waals surface area (Å²) in [6.45, 7) is 2.21. The highest BCUT2D eigenvalue weighted by Crippen LogP contribution is 2.38. The number of fused-ring (bicyclic) bond motifs is 1. The van der Waals surface area contributed by atoms with Gasteiger partial charge in [0.1, 0.15) is 5.60 Å². The molecule has 23 heavy (non-hydrogen) atoms. The Bertz CT molecular complexity index is 815. The molecule has 1 aliphatic rings. The minimum atomic E-state index is -0.953. The maximum atomic E-state index is 10.7. The first-order chi connectivity index (χ1) is 11.1. The Balaban J connectivity index is 1.53. The van der Waals surface area contributed by atoms with E-state index in [1.165, 1.54) is 0 Å². The number of hydrogen-bond acceptors (Lipinski definition) is 5. The fraction of sp³-hybridized carbons (Fsp3) is 0.471. The van der Waals surface area contributed by atoms with Gasteiger partial charge in [-0.1, -0.05) is 24.2 Å². The summed E-state index contributed by atoms with van der Waals surface area (Å²) in [6, 6.07) is 6.09. The monoisotopic (exact) mass is 312 g/mol. The topological polar surface area (TPSA) is 87.8 Å². The number of benzene rings is 1. The molecule has 2 heterocycles. The lowest BCUT2D eigenvalue weighted by Crippen LogP contribution is -2.31. The molecule has 2 N–H and O–H groups in total. The highest BCUT2D eigenvalue weighted by molar-refractivity contribution is 5.78. The lowest BCUT2D eigenvalue weighted by atomic mass is 9.79. The van der Waals surface area contributed by atoms with Gasteiger partial charge in [0, 0.05) is 11.8 Å². The van der Waals surface area contributed by atoms with Crippen LogP contribution in [0.1, 0.15) is 49.9 Å². The van der Waals surface area contributed by atoms with Crippen LogP contribution in [0.5, 0.6) is 0 Å². The van der Waals surface area contributed by atoms with Crippen molar-refractivity contribution in [1.82, 2.24) is 20.3 Å². The van der Waals surface area contributed by atoms with Crippen LogP contribution in [-0.4, -0.2) is 25.4 Å². The van der Waals surface area contributed by atoms with Crippen molar-refractivity contribution >= 4 is 10.9 Å². The first kappa shape index (κ1) is 14.4. The van der Waals surface area contributed by atoms with Crippen LogP contribution >= 0.6 is 0 Å². The molecule has 1 fully saturated rings. The van der Waals surface area contributed by atoms with Crippen molar-refractivity contribution in [2.45, 2.75) is 44.6 Å². The third kappa shape index (κ3) is 2.74. The quantitative estimate of drug-likeness (QED) is 0.776. The number of aromatic nitrogens is 4. The third-order valence-electron chi connectivity index (χ3n) is 4.84. The van der Waals surface area contributed by atoms with E-state index >= 15 is 0 Å². The third-order valence-corrected chi connectivity index (χ3v) is 4.84. The van der Waals surface area contributed by atoms with Gasteiger partial charge < -0.3 is 9.63 Å². The van der Waals surface area contributed by atoms with E-state index in [1.54, 1.807) is 6.20 Å². The van der Waals surface area contributed by atoms with Gasteiger partial charge in [-0.05, 0) is 43.2 Å². The second-order valence-electron chi connectivity index (χ2n) is 6.70. The number of aromatic amines is 1. The Morgan fingerprint density at radius 1 is 1.35 bits per heavy atom. The van der Waals surface area contributed by atoms with E-state index in [-0.39, 0.29) is 0 Å². The summed E-state index contributed by atoms with van der Waals surface area (Å²) in [4.78, 5) is 4.44. The Labute approximate surface area is 133 Å². The summed E-state index contributed by atoms with van der Waals surface area (Å²) in [5.74, 6) is 1.62. The molecule has 0 radical (unpaired) electrons. The van der Waals surface area contributed by atoms with Gasteiger partial charge >= 0.3 is 0 Å². The average molecular weight is 312 g/mol. The average Bonchev–Trinajstić information content (AvgIpc) is 3.19. The molecule has 0 bridgehead atoms. The zero-order valence-corrected chi connectivity index (χ0v) is 13.1. The Hall–Kier alpha value is -2.21. The molecule has 2 aromatic heterocycles. The molecule has 120 valence electrons. The van der Waals surface area contributed by atoms with Crippen molar-refractivity contribution in [3.05, 3.63) is 41.7 Å². The number of nitrogens with one attached hydrogen (secondary N) is 1. The smallest absolute Gasteiger partial charge is 0.258 e. The predicted molar refractivity (Wildman–Crippen MR) is 84.7 cm³/mol. The first-order valence-corrected chi connectivity index (χ1v) is 8.10. The normalized spacial score (nSPS) is 25.0. The Kier molecular flexibility index (Phi) is 3.41. The van der Waals surface area contributed by atoms with Crippen LogP contribution in [0, 0.1) is 5.92 Å². The van der Waals surface area contributed by atoms with Gasteiger partial charge in [0.25, 0.3) is 5.89 Å². The number of H-pyrrole nitrogens is 1. The molecule has 0 aliphatic heterocycles. The van der Waals surface area contributed by atoms with E-state index in [1.807, 2.05) is 18.2 Å². The maximum absolute atomic E-state index is 10.7. The Morgan fingerprint density at radius 3 is 3.00 bits per heavy atom. The summed E-state index contributed by atoms with van der Waals surface area (Å²) >= 11 is 0. The van der Waals surface area contributed by atoms with E-state index < -0.39 is 5.60 Å². The SMILES string of the molecule is CC1CCC(O)(c2nc(Cc3ccc4cn[nH]c4c3)no2)CC1. The molecule has 4 rings (SSSR count). The van der Waals surface area contributed by atoms with E-state index in [2.05, 4.69) is 27.3 Å². The lowest BCUT2D eigenvalue weighted by molar-refractivity contribution is -0.0384. The van der Waals surface area contributed by atoms with Gasteiger partial charge in [-0.15, -0.1) is 0 Å². The molecule has 6 nitrogen and oxygen atoms in total. The molecule has 0 amide bonds. The lowest BCUT2D eigenvalue weighted by Gasteiger charge is -2.31. The van der Waals surface area contributed by atoms with Gasteiger partial charge in [-0.25, -0.2) is 0 Å². The first-order valence-electron chi connectivity index (χ1n) is 8.10. The predicted octanol–water partition coefficient (Wildman–Crippen LogP) is 2.93. The van der Waals surface area contributed by atoms with Gasteiger partial charge in [-0.2, -0.15) is 10.1 Å². The number of aliphatic hydroxyl groups is 1. The molecule has 6 heteroatoms.